The molecule has 0 spiro atoms. The van der Waals surface area contributed by atoms with Gasteiger partial charge < -0.3 is 9.84 Å². The Morgan fingerprint density at radius 2 is 1.89 bits per heavy atom. The van der Waals surface area contributed by atoms with Gasteiger partial charge in [-0.15, -0.1) is 5.10 Å². The first-order chi connectivity index (χ1) is 17.4. The van der Waals surface area contributed by atoms with E-state index in [0.717, 1.165) is 34.5 Å². The summed E-state index contributed by atoms with van der Waals surface area (Å²) in [6, 6.07) is 16.5. The van der Waals surface area contributed by atoms with Crippen LogP contribution in [0.2, 0.25) is 0 Å². The quantitative estimate of drug-likeness (QED) is 0.342. The van der Waals surface area contributed by atoms with Crippen LogP contribution in [0.3, 0.4) is 0 Å². The average molecular weight is 486 g/mol. The molecule has 1 aliphatic rings. The Kier molecular flexibility index (Phi) is 6.45. The van der Waals surface area contributed by atoms with Crippen molar-refractivity contribution in [2.45, 2.75) is 45.1 Å². The van der Waals surface area contributed by atoms with Crippen molar-refractivity contribution in [3.05, 3.63) is 83.4 Å². The molecule has 4 aromatic rings. The van der Waals surface area contributed by atoms with Crippen LogP contribution in [0.4, 0.5) is 0 Å². The highest BCUT2D eigenvalue weighted by Gasteiger charge is 2.46. The molecule has 5 rings (SSSR count). The predicted octanol–water partition coefficient (Wildman–Crippen LogP) is 5.37. The number of aryl methyl sites for hydroxylation is 1. The molecule has 36 heavy (non-hydrogen) atoms. The number of carboxylic acids is 1. The molecule has 0 saturated heterocycles. The summed E-state index contributed by atoms with van der Waals surface area (Å²) in [5, 5.41) is 22.7. The van der Waals surface area contributed by atoms with Crippen LogP contribution in [0.25, 0.3) is 16.8 Å². The van der Waals surface area contributed by atoms with Crippen molar-refractivity contribution in [2.75, 3.05) is 6.61 Å². The zero-order valence-electron chi connectivity index (χ0n) is 21.0. The molecule has 1 aliphatic carbocycles. The molecule has 0 amide bonds. The van der Waals surface area contributed by atoms with Gasteiger partial charge in [0.25, 0.3) is 0 Å². The van der Waals surface area contributed by atoms with Crippen LogP contribution in [0.15, 0.2) is 60.9 Å². The minimum absolute atomic E-state index is 0.0280. The number of hydrogen-bond donors (Lipinski definition) is 1. The molecule has 0 aliphatic heterocycles. The molecule has 1 fully saturated rings. The van der Waals surface area contributed by atoms with Crippen molar-refractivity contribution in [1.29, 1.82) is 0 Å². The minimum atomic E-state index is -0.972. The minimum Gasteiger partial charge on any atom is -0.478 e. The predicted molar refractivity (Wildman–Crippen MR) is 136 cm³/mol. The monoisotopic (exact) mass is 485 g/mol. The Hall–Kier alpha value is -3.78. The van der Waals surface area contributed by atoms with Crippen molar-refractivity contribution >= 4 is 5.97 Å². The van der Waals surface area contributed by atoms with Gasteiger partial charge in [0.1, 0.15) is 5.56 Å². The van der Waals surface area contributed by atoms with Gasteiger partial charge >= 0.3 is 5.97 Å². The van der Waals surface area contributed by atoms with Crippen LogP contribution in [0, 0.1) is 5.92 Å². The number of aromatic nitrogens is 5. The number of ether oxygens (including phenoxy) is 1. The summed E-state index contributed by atoms with van der Waals surface area (Å²) in [5.41, 5.74) is 5.91. The summed E-state index contributed by atoms with van der Waals surface area (Å²) < 4.78 is 9.46. The zero-order valence-corrected chi connectivity index (χ0v) is 21.0. The molecule has 0 bridgehead atoms. The Labute approximate surface area is 210 Å². The second-order valence-electron chi connectivity index (χ2n) is 9.72. The Morgan fingerprint density at radius 1 is 1.14 bits per heavy atom. The standard InChI is InChI=1S/C28H31N5O3/c1-5-36-27(17(2)3)20-10-6-8-18(12-20)19-9-7-11-21(13-19)33-26(24(15-29-33)28(34)35)23-14-22(23)25-16-32(4)31-30-25/h6-13,15-17,22-23,27H,5,14H2,1-4H3,(H,34,35). The maximum atomic E-state index is 12.0. The molecule has 2 aromatic carbocycles. The highest BCUT2D eigenvalue weighted by Crippen LogP contribution is 2.55. The van der Waals surface area contributed by atoms with E-state index in [1.54, 1.807) is 9.36 Å². The lowest BCUT2D eigenvalue weighted by Crippen LogP contribution is -2.11. The van der Waals surface area contributed by atoms with Gasteiger partial charge in [-0.2, -0.15) is 5.10 Å². The summed E-state index contributed by atoms with van der Waals surface area (Å²) in [6.45, 7) is 7.01. The molecular formula is C28H31N5O3. The molecule has 186 valence electrons. The molecule has 8 heteroatoms. The third kappa shape index (κ3) is 4.56. The first-order valence-electron chi connectivity index (χ1n) is 12.4. The summed E-state index contributed by atoms with van der Waals surface area (Å²) >= 11 is 0. The molecule has 8 nitrogen and oxygen atoms in total. The largest absolute Gasteiger partial charge is 0.478 e. The van der Waals surface area contributed by atoms with Gasteiger partial charge in [0.05, 0.1) is 29.4 Å². The lowest BCUT2D eigenvalue weighted by molar-refractivity contribution is 0.0295. The normalized spacial score (nSPS) is 17.9. The molecule has 1 N–H and O–H groups in total. The van der Waals surface area contributed by atoms with E-state index in [9.17, 15) is 9.90 Å². The first-order valence-corrected chi connectivity index (χ1v) is 12.4. The van der Waals surface area contributed by atoms with Crippen molar-refractivity contribution in [2.24, 2.45) is 13.0 Å². The van der Waals surface area contributed by atoms with Gasteiger partial charge in [0.2, 0.25) is 0 Å². The molecule has 2 heterocycles. The van der Waals surface area contributed by atoms with E-state index in [0.29, 0.717) is 18.2 Å². The van der Waals surface area contributed by atoms with Gasteiger partial charge in [0.15, 0.2) is 0 Å². The summed E-state index contributed by atoms with van der Waals surface area (Å²) in [4.78, 5) is 12.0. The van der Waals surface area contributed by atoms with Crippen LogP contribution in [-0.4, -0.2) is 42.5 Å². The number of benzene rings is 2. The fraction of sp³-hybridized carbons (Fsp3) is 0.357. The van der Waals surface area contributed by atoms with Crippen LogP contribution in [0.1, 0.15) is 72.4 Å². The fourth-order valence-electron chi connectivity index (χ4n) is 5.01. The van der Waals surface area contributed by atoms with E-state index in [2.05, 4.69) is 65.7 Å². The van der Waals surface area contributed by atoms with Gasteiger partial charge in [-0.25, -0.2) is 9.48 Å². The topological polar surface area (TPSA) is 95.1 Å². The molecule has 3 unspecified atom stereocenters. The molecule has 0 radical (unpaired) electrons. The summed E-state index contributed by atoms with van der Waals surface area (Å²) in [7, 11) is 1.83. The lowest BCUT2D eigenvalue weighted by Gasteiger charge is -2.22. The van der Waals surface area contributed by atoms with Gasteiger partial charge in [-0.05, 0) is 54.2 Å². The Morgan fingerprint density at radius 3 is 2.56 bits per heavy atom. The highest BCUT2D eigenvalue weighted by molar-refractivity contribution is 5.89. The number of carboxylic acid groups (broad SMARTS) is 1. The Bertz CT molecular complexity index is 1390. The van der Waals surface area contributed by atoms with Crippen molar-refractivity contribution < 1.29 is 14.6 Å². The average Bonchev–Trinajstić information content (AvgIpc) is 3.31. The number of aromatic carboxylic acids is 1. The van der Waals surface area contributed by atoms with E-state index < -0.39 is 5.97 Å². The van der Waals surface area contributed by atoms with E-state index in [4.69, 9.17) is 4.74 Å². The third-order valence-electron chi connectivity index (χ3n) is 6.77. The number of carbonyl (C=O) groups is 1. The van der Waals surface area contributed by atoms with E-state index in [1.807, 2.05) is 32.3 Å². The summed E-state index contributed by atoms with van der Waals surface area (Å²) in [5.74, 6) is -0.451. The molecule has 1 saturated carbocycles. The van der Waals surface area contributed by atoms with Gasteiger partial charge in [0, 0.05) is 31.7 Å². The van der Waals surface area contributed by atoms with Gasteiger partial charge in [-0.3, -0.25) is 4.68 Å². The molecule has 3 atom stereocenters. The maximum absolute atomic E-state index is 12.0. The van der Waals surface area contributed by atoms with Crippen LogP contribution < -0.4 is 0 Å². The highest BCUT2D eigenvalue weighted by atomic mass is 16.5. The van der Waals surface area contributed by atoms with Crippen LogP contribution in [0.5, 0.6) is 0 Å². The van der Waals surface area contributed by atoms with Crippen LogP contribution in [-0.2, 0) is 11.8 Å². The lowest BCUT2D eigenvalue weighted by atomic mass is 9.95. The first kappa shape index (κ1) is 23.9. The number of hydrogen-bond acceptors (Lipinski definition) is 5. The number of nitrogens with zero attached hydrogens (tertiary/aromatic N) is 5. The SMILES string of the molecule is CCOC(c1cccc(-c2cccc(-n3ncc(C(=O)O)c3C3CC3c3cn(C)nn3)c2)c1)C(C)C. The summed E-state index contributed by atoms with van der Waals surface area (Å²) in [6.07, 6.45) is 4.20. The zero-order chi connectivity index (χ0) is 25.4. The van der Waals surface area contributed by atoms with Crippen LogP contribution >= 0.6 is 0 Å². The van der Waals surface area contributed by atoms with E-state index >= 15 is 0 Å². The number of rotatable bonds is 9. The van der Waals surface area contributed by atoms with Crippen molar-refractivity contribution in [3.8, 4) is 16.8 Å². The smallest absolute Gasteiger partial charge is 0.339 e. The van der Waals surface area contributed by atoms with Crippen molar-refractivity contribution in [1.82, 2.24) is 24.8 Å². The Balaban J connectivity index is 1.51. The van der Waals surface area contributed by atoms with Crippen molar-refractivity contribution in [3.63, 3.8) is 0 Å². The van der Waals surface area contributed by atoms with E-state index in [1.165, 1.54) is 6.20 Å². The second kappa shape index (κ2) is 9.70. The third-order valence-corrected chi connectivity index (χ3v) is 6.77. The fourth-order valence-corrected chi connectivity index (χ4v) is 5.01. The maximum Gasteiger partial charge on any atom is 0.339 e. The van der Waals surface area contributed by atoms with Gasteiger partial charge in [-0.1, -0.05) is 49.4 Å². The second-order valence-corrected chi connectivity index (χ2v) is 9.72. The van der Waals surface area contributed by atoms with E-state index in [-0.39, 0.29) is 23.5 Å². The molecular weight excluding hydrogens is 454 g/mol. The molecule has 2 aromatic heterocycles.